The van der Waals surface area contributed by atoms with Crippen LogP contribution in [0, 0.1) is 0 Å². The number of aliphatic carboxylic acids is 1. The van der Waals surface area contributed by atoms with Crippen molar-refractivity contribution in [3.05, 3.63) is 35.4 Å². The number of carboxylic acid groups (broad SMARTS) is 1. The molecule has 3 N–H and O–H groups in total. The molecule has 1 saturated heterocycles. The maximum atomic E-state index is 12.5. The predicted molar refractivity (Wildman–Crippen MR) is 82.8 cm³/mol. The lowest BCUT2D eigenvalue weighted by atomic mass is 10.1. The van der Waals surface area contributed by atoms with Crippen molar-refractivity contribution in [1.29, 1.82) is 0 Å². The molecule has 2 aliphatic heterocycles. The van der Waals surface area contributed by atoms with Gasteiger partial charge in [0, 0.05) is 11.3 Å². The number of thioether (sulfide) groups is 1. The van der Waals surface area contributed by atoms with Crippen molar-refractivity contribution in [1.82, 2.24) is 10.2 Å². The maximum absolute atomic E-state index is 12.5. The fourth-order valence-electron chi connectivity index (χ4n) is 2.88. The number of carbonyl (C=O) groups is 3. The smallest absolute Gasteiger partial charge is 0.328 e. The first-order chi connectivity index (χ1) is 10.9. The van der Waals surface area contributed by atoms with Crippen molar-refractivity contribution in [3.8, 4) is 0 Å². The molecule has 0 bridgehead atoms. The van der Waals surface area contributed by atoms with Crippen LogP contribution < -0.4 is 5.32 Å². The molecule has 2 amide bonds. The lowest BCUT2D eigenvalue weighted by Crippen LogP contribution is -2.54. The van der Waals surface area contributed by atoms with Crippen LogP contribution in [-0.2, 0) is 9.59 Å². The van der Waals surface area contributed by atoms with Crippen molar-refractivity contribution in [3.63, 3.8) is 0 Å². The zero-order valence-corrected chi connectivity index (χ0v) is 13.1. The molecule has 1 aromatic rings. The topological polar surface area (TPSA) is 107 Å². The van der Waals surface area contributed by atoms with Gasteiger partial charge in [-0.1, -0.05) is 18.2 Å². The summed E-state index contributed by atoms with van der Waals surface area (Å²) in [5.74, 6) is -1.70. The summed E-state index contributed by atoms with van der Waals surface area (Å²) in [4.78, 5) is 37.5. The number of rotatable bonds is 4. The first-order valence-electron chi connectivity index (χ1n) is 7.16. The van der Waals surface area contributed by atoms with Gasteiger partial charge in [-0.2, -0.15) is 0 Å². The first-order valence-corrected chi connectivity index (χ1v) is 8.21. The van der Waals surface area contributed by atoms with E-state index in [1.54, 1.807) is 12.1 Å². The second-order valence-electron chi connectivity index (χ2n) is 5.57. The fourth-order valence-corrected chi connectivity index (χ4v) is 4.35. The number of amides is 2. The Labute approximate surface area is 136 Å². The Bertz CT molecular complexity index is 678. The number of fused-ring (bicyclic) bond motifs is 3. The molecule has 3 rings (SSSR count). The number of aliphatic hydroxyl groups excluding tert-OH is 1. The van der Waals surface area contributed by atoms with Crippen LogP contribution in [0.5, 0.6) is 0 Å². The second-order valence-corrected chi connectivity index (χ2v) is 6.68. The number of carboxylic acids is 1. The van der Waals surface area contributed by atoms with Crippen molar-refractivity contribution < 1.29 is 24.6 Å². The zero-order chi connectivity index (χ0) is 16.7. The summed E-state index contributed by atoms with van der Waals surface area (Å²) in [5.41, 5.74) is 1.45. The van der Waals surface area contributed by atoms with E-state index >= 15 is 0 Å². The molecule has 0 aromatic heterocycles. The van der Waals surface area contributed by atoms with E-state index in [1.807, 2.05) is 12.1 Å². The highest BCUT2D eigenvalue weighted by atomic mass is 32.2. The predicted octanol–water partition coefficient (Wildman–Crippen LogP) is 0.207. The molecule has 1 fully saturated rings. The minimum atomic E-state index is -1.40. The summed E-state index contributed by atoms with van der Waals surface area (Å²) >= 11 is 1.47. The molecule has 4 atom stereocenters. The lowest BCUT2D eigenvalue weighted by Gasteiger charge is -2.25. The molecule has 0 saturated carbocycles. The summed E-state index contributed by atoms with van der Waals surface area (Å²) in [7, 11) is 0. The molecule has 23 heavy (non-hydrogen) atoms. The summed E-state index contributed by atoms with van der Waals surface area (Å²) in [5, 5.41) is 20.6. The molecule has 2 heterocycles. The van der Waals surface area contributed by atoms with Crippen LogP contribution in [0.4, 0.5) is 0 Å². The Morgan fingerprint density at radius 3 is 2.74 bits per heavy atom. The Morgan fingerprint density at radius 2 is 2.09 bits per heavy atom. The highest BCUT2D eigenvalue weighted by Crippen LogP contribution is 2.48. The van der Waals surface area contributed by atoms with E-state index in [0.717, 1.165) is 5.56 Å². The summed E-state index contributed by atoms with van der Waals surface area (Å²) in [6, 6.07) is 5.06. The Kier molecular flexibility index (Phi) is 4.03. The third-order valence-corrected chi connectivity index (χ3v) is 5.35. The monoisotopic (exact) mass is 336 g/mol. The van der Waals surface area contributed by atoms with E-state index in [1.165, 1.54) is 23.6 Å². The van der Waals surface area contributed by atoms with Crippen LogP contribution in [0.25, 0.3) is 0 Å². The molecule has 0 aliphatic carbocycles. The van der Waals surface area contributed by atoms with E-state index in [-0.39, 0.29) is 11.3 Å². The second kappa shape index (κ2) is 5.86. The highest BCUT2D eigenvalue weighted by molar-refractivity contribution is 7.99. The van der Waals surface area contributed by atoms with Crippen LogP contribution in [0.1, 0.15) is 28.2 Å². The molecule has 122 valence electrons. The van der Waals surface area contributed by atoms with Gasteiger partial charge in [0.1, 0.15) is 11.4 Å². The number of hydrogen-bond acceptors (Lipinski definition) is 5. The summed E-state index contributed by atoms with van der Waals surface area (Å²) < 4.78 is 0. The van der Waals surface area contributed by atoms with Crippen LogP contribution in [-0.4, -0.2) is 56.8 Å². The van der Waals surface area contributed by atoms with Gasteiger partial charge in [0.05, 0.1) is 6.10 Å². The molecule has 8 heteroatoms. The van der Waals surface area contributed by atoms with Gasteiger partial charge in [0.2, 0.25) is 5.91 Å². The number of aliphatic hydroxyl groups is 1. The number of carbonyl (C=O) groups excluding carboxylic acids is 2. The minimum absolute atomic E-state index is 0.218. The van der Waals surface area contributed by atoms with Gasteiger partial charge < -0.3 is 20.4 Å². The van der Waals surface area contributed by atoms with Crippen LogP contribution in [0.15, 0.2) is 24.3 Å². The average molecular weight is 336 g/mol. The molecule has 0 radical (unpaired) electrons. The summed E-state index contributed by atoms with van der Waals surface area (Å²) in [6.45, 7) is 1.29. The molecule has 7 nitrogen and oxygen atoms in total. The quantitative estimate of drug-likeness (QED) is 0.725. The van der Waals surface area contributed by atoms with Gasteiger partial charge in [0.25, 0.3) is 5.91 Å². The van der Waals surface area contributed by atoms with Crippen molar-refractivity contribution in [2.24, 2.45) is 0 Å². The Morgan fingerprint density at radius 1 is 1.39 bits per heavy atom. The molecule has 0 unspecified atom stereocenters. The van der Waals surface area contributed by atoms with E-state index < -0.39 is 30.1 Å². The Hall–Kier alpha value is -2.06. The number of nitrogens with one attached hydrogen (secondary N) is 1. The van der Waals surface area contributed by atoms with Crippen LogP contribution in [0.3, 0.4) is 0 Å². The normalized spacial score (nSPS) is 24.8. The average Bonchev–Trinajstić information content (AvgIpc) is 3.05. The number of benzene rings is 1. The van der Waals surface area contributed by atoms with Gasteiger partial charge in [-0.15, -0.1) is 11.8 Å². The van der Waals surface area contributed by atoms with E-state index in [4.69, 9.17) is 5.11 Å². The number of nitrogens with zero attached hydrogens (tertiary/aromatic N) is 1. The van der Waals surface area contributed by atoms with Gasteiger partial charge in [-0.05, 0) is 18.6 Å². The Balaban J connectivity index is 1.80. The third-order valence-electron chi connectivity index (χ3n) is 4.04. The zero-order valence-electron chi connectivity index (χ0n) is 12.3. The van der Waals surface area contributed by atoms with Crippen molar-refractivity contribution >= 4 is 29.5 Å². The van der Waals surface area contributed by atoms with Crippen LogP contribution >= 0.6 is 11.8 Å². The maximum Gasteiger partial charge on any atom is 0.328 e. The molecule has 1 aromatic carbocycles. The lowest BCUT2D eigenvalue weighted by molar-refractivity contribution is -0.145. The van der Waals surface area contributed by atoms with E-state index in [9.17, 15) is 19.5 Å². The fraction of sp³-hybridized carbons (Fsp3) is 0.400. The largest absolute Gasteiger partial charge is 0.480 e. The molecule has 0 spiro atoms. The number of hydrogen-bond donors (Lipinski definition) is 3. The highest BCUT2D eigenvalue weighted by Gasteiger charge is 2.48. The molecular formula is C15H16N2O5S. The first kappa shape index (κ1) is 15.8. The van der Waals surface area contributed by atoms with Gasteiger partial charge in [0.15, 0.2) is 6.04 Å². The third kappa shape index (κ3) is 2.57. The van der Waals surface area contributed by atoms with Crippen molar-refractivity contribution in [2.45, 2.75) is 30.5 Å². The van der Waals surface area contributed by atoms with Crippen LogP contribution in [0.2, 0.25) is 0 Å². The van der Waals surface area contributed by atoms with E-state index in [0.29, 0.717) is 11.3 Å². The molecule has 2 aliphatic rings. The van der Waals surface area contributed by atoms with E-state index in [2.05, 4.69) is 5.32 Å². The van der Waals surface area contributed by atoms with Gasteiger partial charge >= 0.3 is 5.97 Å². The van der Waals surface area contributed by atoms with Gasteiger partial charge in [-0.3, -0.25) is 9.59 Å². The standard InChI is InChI=1S/C15H16N2O5S/c1-7(18)11(15(21)22)16-12(19)10-6-23-14-9-5-3-2-4-8(9)13(20)17(10)14/h2-5,7,10-11,14,18H,6H2,1H3,(H,16,19)(H,21,22)/t7-,10-,11-,14+/m0/s1. The SMILES string of the molecule is C[C@H](O)[C@H](NC(=O)[C@@H]1CS[C@@H]2c3ccccc3C(=O)N21)C(=O)O. The minimum Gasteiger partial charge on any atom is -0.480 e. The van der Waals surface area contributed by atoms with Gasteiger partial charge in [-0.25, -0.2) is 4.79 Å². The van der Waals surface area contributed by atoms with Crippen molar-refractivity contribution in [2.75, 3.05) is 5.75 Å². The summed E-state index contributed by atoms with van der Waals surface area (Å²) in [6.07, 6.45) is -1.23. The molecular weight excluding hydrogens is 320 g/mol.